The molecule has 0 spiro atoms. The van der Waals surface area contributed by atoms with Crippen LogP contribution in [0.2, 0.25) is 0 Å². The molecule has 2 aromatic carbocycles. The van der Waals surface area contributed by atoms with E-state index in [4.69, 9.17) is 5.26 Å². The molecule has 0 unspecified atom stereocenters. The van der Waals surface area contributed by atoms with Crippen LogP contribution in [0.1, 0.15) is 17.5 Å². The van der Waals surface area contributed by atoms with Gasteiger partial charge in [0.1, 0.15) is 0 Å². The molecule has 1 saturated heterocycles. The van der Waals surface area contributed by atoms with Crippen LogP contribution in [0.4, 0.5) is 5.69 Å². The molecule has 0 N–H and O–H groups in total. The summed E-state index contributed by atoms with van der Waals surface area (Å²) in [5.41, 5.74) is 2.53. The first-order chi connectivity index (χ1) is 14.8. The molecule has 1 heterocycles. The Hall–Kier alpha value is -2.73. The maximum Gasteiger partial charge on any atom is 0.243 e. The molecule has 0 atom stereocenters. The Bertz CT molecular complexity index is 1060. The zero-order valence-corrected chi connectivity index (χ0v) is 18.8. The van der Waals surface area contributed by atoms with E-state index in [2.05, 4.69) is 6.07 Å². The van der Waals surface area contributed by atoms with Crippen molar-refractivity contribution in [3.05, 3.63) is 59.7 Å². The van der Waals surface area contributed by atoms with Gasteiger partial charge in [-0.2, -0.15) is 9.57 Å². The van der Waals surface area contributed by atoms with Gasteiger partial charge in [0.15, 0.2) is 0 Å². The summed E-state index contributed by atoms with van der Waals surface area (Å²) in [6.45, 7) is 5.92. The number of piperazine rings is 1. The number of amides is 1. The number of para-hydroxylation sites is 1. The molecule has 31 heavy (non-hydrogen) atoms. The van der Waals surface area contributed by atoms with E-state index in [1.54, 1.807) is 11.0 Å². The van der Waals surface area contributed by atoms with Crippen molar-refractivity contribution in [3.8, 4) is 6.07 Å². The zero-order chi connectivity index (χ0) is 22.4. The number of nitrogens with zero attached hydrogens (tertiary/aromatic N) is 4. The zero-order valence-electron chi connectivity index (χ0n) is 18.0. The summed E-state index contributed by atoms with van der Waals surface area (Å²) in [5.74, 6) is -0.0906. The summed E-state index contributed by atoms with van der Waals surface area (Å²) in [6.07, 6.45) is 0.253. The minimum absolute atomic E-state index is 0.0906. The molecule has 1 amide bonds. The summed E-state index contributed by atoms with van der Waals surface area (Å²) >= 11 is 0. The molecule has 7 nitrogen and oxygen atoms in total. The molecular formula is C23H28N4O3S. The third kappa shape index (κ3) is 5.50. The minimum Gasteiger partial charge on any atom is -0.310 e. The number of rotatable bonds is 7. The van der Waals surface area contributed by atoms with Gasteiger partial charge in [0.25, 0.3) is 0 Å². The van der Waals surface area contributed by atoms with Gasteiger partial charge in [0, 0.05) is 38.4 Å². The monoisotopic (exact) mass is 440 g/mol. The number of aryl methyl sites for hydroxylation is 2. The van der Waals surface area contributed by atoms with Crippen molar-refractivity contribution in [2.24, 2.45) is 0 Å². The molecule has 164 valence electrons. The van der Waals surface area contributed by atoms with E-state index in [9.17, 15) is 13.2 Å². The van der Waals surface area contributed by atoms with Gasteiger partial charge in [-0.05, 0) is 37.6 Å². The van der Waals surface area contributed by atoms with Gasteiger partial charge in [0.2, 0.25) is 15.9 Å². The highest BCUT2D eigenvalue weighted by atomic mass is 32.2. The number of sulfonamides is 1. The van der Waals surface area contributed by atoms with E-state index in [0.29, 0.717) is 37.6 Å². The maximum atomic E-state index is 13.1. The fourth-order valence-corrected chi connectivity index (χ4v) is 5.43. The molecular weight excluding hydrogens is 412 g/mol. The van der Waals surface area contributed by atoms with Crippen LogP contribution in [0.3, 0.4) is 0 Å². The van der Waals surface area contributed by atoms with Crippen molar-refractivity contribution in [1.29, 1.82) is 5.26 Å². The van der Waals surface area contributed by atoms with Gasteiger partial charge >= 0.3 is 0 Å². The smallest absolute Gasteiger partial charge is 0.243 e. The lowest BCUT2D eigenvalue weighted by atomic mass is 10.2. The molecule has 0 bridgehead atoms. The predicted molar refractivity (Wildman–Crippen MR) is 120 cm³/mol. The van der Waals surface area contributed by atoms with E-state index in [1.807, 2.05) is 61.2 Å². The van der Waals surface area contributed by atoms with Crippen LogP contribution in [0.15, 0.2) is 53.4 Å². The summed E-state index contributed by atoms with van der Waals surface area (Å²) in [5, 5.41) is 8.94. The highest BCUT2D eigenvalue weighted by molar-refractivity contribution is 7.89. The second kappa shape index (κ2) is 10.1. The Morgan fingerprint density at radius 2 is 1.74 bits per heavy atom. The van der Waals surface area contributed by atoms with Crippen LogP contribution in [0, 0.1) is 25.2 Å². The fourth-order valence-electron chi connectivity index (χ4n) is 3.80. The molecule has 1 aliphatic rings. The largest absolute Gasteiger partial charge is 0.310 e. The number of carbonyl (C=O) groups excluding carboxylic acids is 1. The highest BCUT2D eigenvalue weighted by Crippen LogP contribution is 2.22. The van der Waals surface area contributed by atoms with Crippen molar-refractivity contribution in [3.63, 3.8) is 0 Å². The van der Waals surface area contributed by atoms with E-state index < -0.39 is 10.0 Å². The van der Waals surface area contributed by atoms with Crippen LogP contribution in [0.25, 0.3) is 0 Å². The molecule has 3 rings (SSSR count). The average Bonchev–Trinajstić information content (AvgIpc) is 2.75. The normalized spacial score (nSPS) is 15.4. The van der Waals surface area contributed by atoms with Crippen molar-refractivity contribution in [1.82, 2.24) is 9.21 Å². The summed E-state index contributed by atoms with van der Waals surface area (Å²) < 4.78 is 27.6. The molecule has 0 radical (unpaired) electrons. The van der Waals surface area contributed by atoms with Crippen LogP contribution < -0.4 is 4.90 Å². The van der Waals surface area contributed by atoms with Gasteiger partial charge < -0.3 is 4.90 Å². The Morgan fingerprint density at radius 1 is 1.06 bits per heavy atom. The second-order valence-corrected chi connectivity index (χ2v) is 9.64. The first-order valence-corrected chi connectivity index (χ1v) is 11.8. The second-order valence-electron chi connectivity index (χ2n) is 7.74. The summed E-state index contributed by atoms with van der Waals surface area (Å²) in [4.78, 5) is 16.9. The fraction of sp³-hybridized carbons (Fsp3) is 0.391. The Labute approximate surface area is 184 Å². The number of hydrogen-bond acceptors (Lipinski definition) is 5. The van der Waals surface area contributed by atoms with Gasteiger partial charge in [-0.25, -0.2) is 8.42 Å². The third-order valence-electron chi connectivity index (χ3n) is 5.45. The topological polar surface area (TPSA) is 84.7 Å². The molecule has 0 aliphatic carbocycles. The number of anilines is 1. The Balaban J connectivity index is 1.63. The summed E-state index contributed by atoms with van der Waals surface area (Å²) in [7, 11) is -3.56. The molecule has 1 aliphatic heterocycles. The van der Waals surface area contributed by atoms with Crippen LogP contribution >= 0.6 is 0 Å². The number of benzene rings is 2. The standard InChI is InChI=1S/C23H28N4O3S/c1-19-9-10-22(20(2)17-19)31(29,30)26-15-13-25(14-16-26)18-23(28)27(12-6-11-24)21-7-4-3-5-8-21/h3-5,7-10,17H,6,12-16,18H2,1-2H3. The van der Waals surface area contributed by atoms with Gasteiger partial charge in [-0.3, -0.25) is 9.69 Å². The molecule has 8 heteroatoms. The lowest BCUT2D eigenvalue weighted by molar-refractivity contribution is -0.120. The highest BCUT2D eigenvalue weighted by Gasteiger charge is 2.30. The predicted octanol–water partition coefficient (Wildman–Crippen LogP) is 2.56. The van der Waals surface area contributed by atoms with Crippen LogP contribution in [-0.4, -0.2) is 62.8 Å². The van der Waals surface area contributed by atoms with Crippen LogP contribution in [0.5, 0.6) is 0 Å². The van der Waals surface area contributed by atoms with Crippen LogP contribution in [-0.2, 0) is 14.8 Å². The maximum absolute atomic E-state index is 13.1. The lowest BCUT2D eigenvalue weighted by Gasteiger charge is -2.35. The van der Waals surface area contributed by atoms with E-state index in [-0.39, 0.29) is 18.9 Å². The SMILES string of the molecule is Cc1ccc(S(=O)(=O)N2CCN(CC(=O)N(CCC#N)c3ccccc3)CC2)c(C)c1. The Morgan fingerprint density at radius 3 is 2.35 bits per heavy atom. The van der Waals surface area contributed by atoms with Gasteiger partial charge in [-0.1, -0.05) is 35.9 Å². The molecule has 0 saturated carbocycles. The van der Waals surface area contributed by atoms with Crippen molar-refractivity contribution in [2.75, 3.05) is 44.2 Å². The minimum atomic E-state index is -3.56. The molecule has 2 aromatic rings. The van der Waals surface area contributed by atoms with Gasteiger partial charge in [0.05, 0.1) is 23.9 Å². The van der Waals surface area contributed by atoms with Crippen molar-refractivity contribution in [2.45, 2.75) is 25.2 Å². The van der Waals surface area contributed by atoms with Gasteiger partial charge in [-0.15, -0.1) is 0 Å². The third-order valence-corrected chi connectivity index (χ3v) is 7.51. The molecule has 0 aromatic heterocycles. The lowest BCUT2D eigenvalue weighted by Crippen LogP contribution is -2.51. The van der Waals surface area contributed by atoms with E-state index in [1.165, 1.54) is 4.31 Å². The Kier molecular flexibility index (Phi) is 7.44. The van der Waals surface area contributed by atoms with Crippen molar-refractivity contribution >= 4 is 21.6 Å². The summed E-state index contributed by atoms with van der Waals surface area (Å²) in [6, 6.07) is 16.8. The first kappa shape index (κ1) is 22.9. The van der Waals surface area contributed by atoms with Crippen molar-refractivity contribution < 1.29 is 13.2 Å². The number of nitriles is 1. The quantitative estimate of drug-likeness (QED) is 0.661. The number of hydrogen-bond donors (Lipinski definition) is 0. The van der Waals surface area contributed by atoms with E-state index in [0.717, 1.165) is 16.8 Å². The first-order valence-electron chi connectivity index (χ1n) is 10.3. The average molecular weight is 441 g/mol. The molecule has 1 fully saturated rings. The number of carbonyl (C=O) groups is 1. The van der Waals surface area contributed by atoms with E-state index >= 15 is 0 Å².